The Labute approximate surface area is 224 Å². The molecule has 0 bridgehead atoms. The summed E-state index contributed by atoms with van der Waals surface area (Å²) in [6.07, 6.45) is 8.61. The van der Waals surface area contributed by atoms with Crippen LogP contribution in [0, 0.1) is 18.7 Å². The number of thiophene rings is 1. The van der Waals surface area contributed by atoms with Gasteiger partial charge >= 0.3 is 0 Å². The van der Waals surface area contributed by atoms with Gasteiger partial charge in [-0.2, -0.15) is 5.10 Å². The minimum absolute atomic E-state index is 0.200. The molecule has 38 heavy (non-hydrogen) atoms. The van der Waals surface area contributed by atoms with Gasteiger partial charge in [0.25, 0.3) is 0 Å². The number of nitrogens with zero attached hydrogens (tertiary/aromatic N) is 4. The van der Waals surface area contributed by atoms with Gasteiger partial charge in [0.2, 0.25) is 0 Å². The van der Waals surface area contributed by atoms with Gasteiger partial charge in [0.05, 0.1) is 27.5 Å². The van der Waals surface area contributed by atoms with Gasteiger partial charge in [0.1, 0.15) is 22.6 Å². The van der Waals surface area contributed by atoms with Crippen molar-refractivity contribution in [2.75, 3.05) is 0 Å². The van der Waals surface area contributed by atoms with E-state index in [1.165, 1.54) is 4.88 Å². The SMILES string of the molecule is C=C/C(=C\C(=C/C)c1ncc2[nH]nc(-c3nc4c(-c5ccc(C)s5)nccc4[nH]3)c2c1F)NC(=C)C(C)C. The summed E-state index contributed by atoms with van der Waals surface area (Å²) in [5.41, 5.74) is 5.47. The third kappa shape index (κ3) is 4.56. The molecule has 0 spiro atoms. The predicted molar refractivity (Wildman–Crippen MR) is 154 cm³/mol. The van der Waals surface area contributed by atoms with E-state index in [0.29, 0.717) is 39.2 Å². The Bertz CT molecular complexity index is 1750. The monoisotopic (exact) mass is 525 g/mol. The first kappa shape index (κ1) is 25.3. The van der Waals surface area contributed by atoms with Crippen molar-refractivity contribution in [2.45, 2.75) is 27.7 Å². The van der Waals surface area contributed by atoms with E-state index in [2.05, 4.69) is 56.6 Å². The fraction of sp³-hybridized carbons (Fsp3) is 0.172. The maximum Gasteiger partial charge on any atom is 0.161 e. The molecular weight excluding hydrogens is 497 g/mol. The minimum atomic E-state index is -0.491. The Kier molecular flexibility index (Phi) is 6.77. The van der Waals surface area contributed by atoms with Crippen molar-refractivity contribution in [2.24, 2.45) is 5.92 Å². The van der Waals surface area contributed by atoms with Gasteiger partial charge in [-0.15, -0.1) is 11.3 Å². The van der Waals surface area contributed by atoms with Crippen LogP contribution in [0.5, 0.6) is 0 Å². The number of nitrogens with one attached hydrogen (secondary N) is 3. The van der Waals surface area contributed by atoms with E-state index < -0.39 is 5.82 Å². The topological polar surface area (TPSA) is 95.2 Å². The summed E-state index contributed by atoms with van der Waals surface area (Å²) < 4.78 is 16.1. The normalized spacial score (nSPS) is 12.6. The molecule has 0 saturated carbocycles. The van der Waals surface area contributed by atoms with Crippen LogP contribution in [0.15, 0.2) is 73.4 Å². The van der Waals surface area contributed by atoms with E-state index >= 15 is 4.39 Å². The Hall–Kier alpha value is -4.37. The summed E-state index contributed by atoms with van der Waals surface area (Å²) in [5.74, 6) is 0.189. The molecule has 0 aliphatic heterocycles. The smallest absolute Gasteiger partial charge is 0.161 e. The molecule has 0 aliphatic carbocycles. The van der Waals surface area contributed by atoms with Crippen molar-refractivity contribution in [1.82, 2.24) is 35.5 Å². The van der Waals surface area contributed by atoms with Gasteiger partial charge in [-0.1, -0.05) is 33.1 Å². The molecule has 5 heterocycles. The second kappa shape index (κ2) is 10.2. The van der Waals surface area contributed by atoms with E-state index in [1.807, 2.05) is 39.0 Å². The molecule has 0 aliphatic rings. The molecule has 3 N–H and O–H groups in total. The molecule has 7 nitrogen and oxygen atoms in total. The van der Waals surface area contributed by atoms with Crippen molar-refractivity contribution >= 4 is 38.8 Å². The fourth-order valence-corrected chi connectivity index (χ4v) is 4.93. The lowest BCUT2D eigenvalue weighted by molar-refractivity contribution is 0.630. The zero-order chi connectivity index (χ0) is 27.0. The maximum atomic E-state index is 16.1. The second-order valence-corrected chi connectivity index (χ2v) is 10.5. The van der Waals surface area contributed by atoms with Crippen LogP contribution in [0.4, 0.5) is 4.39 Å². The van der Waals surface area contributed by atoms with Gasteiger partial charge in [-0.25, -0.2) is 9.37 Å². The number of aryl methyl sites for hydroxylation is 1. The van der Waals surface area contributed by atoms with Gasteiger partial charge in [-0.3, -0.25) is 15.1 Å². The van der Waals surface area contributed by atoms with E-state index in [1.54, 1.807) is 35.9 Å². The van der Waals surface area contributed by atoms with Crippen LogP contribution < -0.4 is 5.32 Å². The highest BCUT2D eigenvalue weighted by Gasteiger charge is 2.22. The molecule has 0 aromatic carbocycles. The highest BCUT2D eigenvalue weighted by atomic mass is 32.1. The van der Waals surface area contributed by atoms with Crippen molar-refractivity contribution in [3.05, 3.63) is 89.8 Å². The van der Waals surface area contributed by atoms with Gasteiger partial charge in [-0.05, 0) is 50.1 Å². The molecule has 9 heteroatoms. The average molecular weight is 526 g/mol. The molecule has 0 saturated heterocycles. The summed E-state index contributed by atoms with van der Waals surface area (Å²) >= 11 is 1.65. The van der Waals surface area contributed by atoms with Crippen molar-refractivity contribution in [3.8, 4) is 22.1 Å². The first-order chi connectivity index (χ1) is 18.3. The Morgan fingerprint density at radius 3 is 2.66 bits per heavy atom. The van der Waals surface area contributed by atoms with E-state index in [9.17, 15) is 0 Å². The molecule has 0 fully saturated rings. The number of halogens is 1. The quantitative estimate of drug-likeness (QED) is 0.185. The molecule has 5 rings (SSSR count). The fourth-order valence-electron chi connectivity index (χ4n) is 4.07. The number of rotatable bonds is 8. The minimum Gasteiger partial charge on any atom is -0.359 e. The highest BCUT2D eigenvalue weighted by Crippen LogP contribution is 2.35. The number of fused-ring (bicyclic) bond motifs is 2. The average Bonchev–Trinajstić information content (AvgIpc) is 3.64. The van der Waals surface area contributed by atoms with Crippen LogP contribution in [-0.4, -0.2) is 30.1 Å². The zero-order valence-electron chi connectivity index (χ0n) is 21.7. The first-order valence-electron chi connectivity index (χ1n) is 12.2. The predicted octanol–water partition coefficient (Wildman–Crippen LogP) is 7.30. The number of hydrogen-bond donors (Lipinski definition) is 3. The maximum absolute atomic E-state index is 16.1. The number of aromatic amines is 2. The number of H-pyrrole nitrogens is 2. The first-order valence-corrected chi connectivity index (χ1v) is 13.0. The third-order valence-electron chi connectivity index (χ3n) is 6.26. The van der Waals surface area contributed by atoms with Gasteiger partial charge in [0, 0.05) is 28.0 Å². The molecule has 192 valence electrons. The number of hydrogen-bond acceptors (Lipinski definition) is 6. The summed E-state index contributed by atoms with van der Waals surface area (Å²) in [5, 5.41) is 10.8. The Morgan fingerprint density at radius 2 is 1.97 bits per heavy atom. The Balaban J connectivity index is 1.60. The summed E-state index contributed by atoms with van der Waals surface area (Å²) in [4.78, 5) is 19.3. The molecule has 5 aromatic rings. The highest BCUT2D eigenvalue weighted by molar-refractivity contribution is 7.15. The molecule has 0 unspecified atom stereocenters. The van der Waals surface area contributed by atoms with Gasteiger partial charge < -0.3 is 10.3 Å². The number of allylic oxidation sites excluding steroid dienone is 5. The van der Waals surface area contributed by atoms with E-state index in [0.717, 1.165) is 21.8 Å². The molecule has 0 atom stereocenters. The number of aromatic nitrogens is 6. The Morgan fingerprint density at radius 1 is 1.16 bits per heavy atom. The summed E-state index contributed by atoms with van der Waals surface area (Å²) in [6, 6.07) is 5.94. The second-order valence-electron chi connectivity index (χ2n) is 9.19. The third-order valence-corrected chi connectivity index (χ3v) is 7.27. The molecule has 0 amide bonds. The lowest BCUT2D eigenvalue weighted by Crippen LogP contribution is -2.14. The summed E-state index contributed by atoms with van der Waals surface area (Å²) in [6.45, 7) is 15.9. The standard InChI is InChI=1S/C29H28FN7S/c1-7-18(13-19(8-2)33-17(6)15(3)4)25-24(30)23-21(14-32-25)36-37-28(23)29-34-20-11-12-31-27(26(20)35-29)22-10-9-16(5)38-22/h7-15,33H,2,6H2,1,3-5H3,(H,34,35)(H,36,37)/b18-7+,19-13+. The lowest BCUT2D eigenvalue weighted by Gasteiger charge is -2.14. The van der Waals surface area contributed by atoms with Crippen molar-refractivity contribution in [3.63, 3.8) is 0 Å². The lowest BCUT2D eigenvalue weighted by atomic mass is 10.1. The van der Waals surface area contributed by atoms with Crippen molar-refractivity contribution in [1.29, 1.82) is 0 Å². The molecule has 0 radical (unpaired) electrons. The van der Waals surface area contributed by atoms with E-state index in [4.69, 9.17) is 4.98 Å². The van der Waals surface area contributed by atoms with Crippen LogP contribution in [0.2, 0.25) is 0 Å². The van der Waals surface area contributed by atoms with Crippen LogP contribution in [-0.2, 0) is 0 Å². The van der Waals surface area contributed by atoms with Crippen LogP contribution in [0.25, 0.3) is 49.6 Å². The zero-order valence-corrected chi connectivity index (χ0v) is 22.5. The van der Waals surface area contributed by atoms with Crippen molar-refractivity contribution < 1.29 is 4.39 Å². The molecular formula is C29H28FN7S. The number of imidazole rings is 1. The van der Waals surface area contributed by atoms with E-state index in [-0.39, 0.29) is 11.6 Å². The van der Waals surface area contributed by atoms with Crippen LogP contribution in [0.3, 0.4) is 0 Å². The number of pyridine rings is 2. The summed E-state index contributed by atoms with van der Waals surface area (Å²) in [7, 11) is 0. The van der Waals surface area contributed by atoms with Gasteiger partial charge in [0.15, 0.2) is 11.6 Å². The largest absolute Gasteiger partial charge is 0.359 e. The van der Waals surface area contributed by atoms with Crippen LogP contribution >= 0.6 is 11.3 Å². The van der Waals surface area contributed by atoms with Crippen LogP contribution in [0.1, 0.15) is 31.3 Å². The molecule has 5 aromatic heterocycles.